The fraction of sp³-hybridized carbons (Fsp3) is 0.231. The molecule has 0 fully saturated rings. The average molecular weight is 259 g/mol. The molecule has 98 valence electrons. The first-order valence-electron chi connectivity index (χ1n) is 5.79. The zero-order valence-electron chi connectivity index (χ0n) is 10.6. The number of aromatic nitrogens is 3. The second kappa shape index (κ2) is 5.01. The van der Waals surface area contributed by atoms with E-state index in [4.69, 9.17) is 5.11 Å². The highest BCUT2D eigenvalue weighted by Gasteiger charge is 2.17. The Labute approximate surface area is 109 Å². The highest BCUT2D eigenvalue weighted by atomic mass is 16.4. The molecule has 0 spiro atoms. The number of carboxylic acids is 1. The third-order valence-corrected chi connectivity index (χ3v) is 2.73. The molecule has 1 heterocycles. The van der Waals surface area contributed by atoms with Crippen LogP contribution in [-0.4, -0.2) is 32.4 Å². The van der Waals surface area contributed by atoms with Crippen molar-refractivity contribution in [3.05, 3.63) is 41.2 Å². The molecular formula is C13H13N3O3. The highest BCUT2D eigenvalue weighted by molar-refractivity contribution is 5.88. The van der Waals surface area contributed by atoms with Gasteiger partial charge in [-0.25, -0.2) is 9.48 Å². The summed E-state index contributed by atoms with van der Waals surface area (Å²) >= 11 is 0. The van der Waals surface area contributed by atoms with E-state index >= 15 is 0 Å². The second-order valence-electron chi connectivity index (χ2n) is 4.40. The van der Waals surface area contributed by atoms with Gasteiger partial charge in [0.2, 0.25) is 0 Å². The van der Waals surface area contributed by atoms with Crippen LogP contribution in [-0.2, 0) is 0 Å². The minimum absolute atomic E-state index is 0.0451. The van der Waals surface area contributed by atoms with E-state index in [1.54, 1.807) is 12.1 Å². The van der Waals surface area contributed by atoms with E-state index in [1.165, 1.54) is 16.8 Å². The van der Waals surface area contributed by atoms with E-state index in [9.17, 15) is 9.59 Å². The van der Waals surface area contributed by atoms with Gasteiger partial charge in [-0.15, -0.1) is 5.10 Å². The summed E-state index contributed by atoms with van der Waals surface area (Å²) in [6, 6.07) is 6.35. The lowest BCUT2D eigenvalue weighted by atomic mass is 10.1. The van der Waals surface area contributed by atoms with Crippen molar-refractivity contribution >= 4 is 12.3 Å². The Morgan fingerprint density at radius 1 is 1.42 bits per heavy atom. The van der Waals surface area contributed by atoms with E-state index in [1.807, 2.05) is 13.8 Å². The Morgan fingerprint density at radius 3 is 2.74 bits per heavy atom. The average Bonchev–Trinajstić information content (AvgIpc) is 2.82. The van der Waals surface area contributed by atoms with Crippen LogP contribution in [0.25, 0.3) is 5.69 Å². The standard InChI is InChI=1S/C13H13N3O3/c1-8(2)12-11(7-17)14-15-16(12)10-5-3-4-9(6-10)13(18)19/h3-8H,1-2H3,(H,18,19). The third kappa shape index (κ3) is 2.37. The van der Waals surface area contributed by atoms with Crippen LogP contribution in [0.3, 0.4) is 0 Å². The minimum atomic E-state index is -1.01. The topological polar surface area (TPSA) is 85.1 Å². The van der Waals surface area contributed by atoms with Gasteiger partial charge >= 0.3 is 5.97 Å². The van der Waals surface area contributed by atoms with Crippen LogP contribution in [0.2, 0.25) is 0 Å². The van der Waals surface area contributed by atoms with Crippen LogP contribution in [0.4, 0.5) is 0 Å². The molecule has 0 unspecified atom stereocenters. The maximum Gasteiger partial charge on any atom is 0.335 e. The number of aromatic carboxylic acids is 1. The molecule has 0 saturated heterocycles. The van der Waals surface area contributed by atoms with E-state index < -0.39 is 5.97 Å². The molecule has 1 N–H and O–H groups in total. The number of rotatable bonds is 4. The molecule has 1 aromatic carbocycles. The molecule has 0 aliphatic heterocycles. The van der Waals surface area contributed by atoms with E-state index in [0.717, 1.165) is 0 Å². The summed E-state index contributed by atoms with van der Waals surface area (Å²) in [6.45, 7) is 3.84. The van der Waals surface area contributed by atoms with Crippen molar-refractivity contribution in [2.24, 2.45) is 0 Å². The maximum atomic E-state index is 11.0. The molecule has 6 heteroatoms. The molecule has 1 aromatic heterocycles. The smallest absolute Gasteiger partial charge is 0.335 e. The number of hydrogen-bond donors (Lipinski definition) is 1. The summed E-state index contributed by atoms with van der Waals surface area (Å²) in [5, 5.41) is 16.7. The second-order valence-corrected chi connectivity index (χ2v) is 4.40. The number of carbonyl (C=O) groups is 2. The third-order valence-electron chi connectivity index (χ3n) is 2.73. The molecule has 6 nitrogen and oxygen atoms in total. The van der Waals surface area contributed by atoms with Gasteiger partial charge in [0, 0.05) is 0 Å². The van der Waals surface area contributed by atoms with Crippen molar-refractivity contribution in [3.8, 4) is 5.69 Å². The van der Waals surface area contributed by atoms with Crippen molar-refractivity contribution in [2.45, 2.75) is 19.8 Å². The molecule has 2 aromatic rings. The van der Waals surface area contributed by atoms with Crippen molar-refractivity contribution in [1.29, 1.82) is 0 Å². The molecule has 0 aliphatic rings. The van der Waals surface area contributed by atoms with Gasteiger partial charge in [-0.05, 0) is 24.1 Å². The number of carbonyl (C=O) groups excluding carboxylic acids is 1. The molecule has 19 heavy (non-hydrogen) atoms. The lowest BCUT2D eigenvalue weighted by Gasteiger charge is -2.09. The molecular weight excluding hydrogens is 246 g/mol. The largest absolute Gasteiger partial charge is 0.478 e. The monoisotopic (exact) mass is 259 g/mol. The van der Waals surface area contributed by atoms with Crippen LogP contribution in [0.5, 0.6) is 0 Å². The Morgan fingerprint density at radius 2 is 2.16 bits per heavy atom. The van der Waals surface area contributed by atoms with Crippen LogP contribution in [0.15, 0.2) is 24.3 Å². The summed E-state index contributed by atoms with van der Waals surface area (Å²) in [5.74, 6) is -0.965. The van der Waals surface area contributed by atoms with Crippen molar-refractivity contribution in [3.63, 3.8) is 0 Å². The molecule has 0 saturated carbocycles. The van der Waals surface area contributed by atoms with Gasteiger partial charge in [0.15, 0.2) is 6.29 Å². The van der Waals surface area contributed by atoms with Crippen molar-refractivity contribution in [1.82, 2.24) is 15.0 Å². The number of nitrogens with zero attached hydrogens (tertiary/aromatic N) is 3. The van der Waals surface area contributed by atoms with Gasteiger partial charge in [-0.1, -0.05) is 25.1 Å². The maximum absolute atomic E-state index is 11.0. The van der Waals surface area contributed by atoms with E-state index in [0.29, 0.717) is 17.7 Å². The van der Waals surface area contributed by atoms with Crippen LogP contribution < -0.4 is 0 Å². The molecule has 0 bridgehead atoms. The number of benzene rings is 1. The summed E-state index contributed by atoms with van der Waals surface area (Å²) in [6.07, 6.45) is 0.653. The zero-order valence-corrected chi connectivity index (χ0v) is 10.6. The van der Waals surface area contributed by atoms with Gasteiger partial charge < -0.3 is 5.11 Å². The number of hydrogen-bond acceptors (Lipinski definition) is 4. The van der Waals surface area contributed by atoms with Gasteiger partial charge in [0.05, 0.1) is 16.9 Å². The molecule has 0 radical (unpaired) electrons. The lowest BCUT2D eigenvalue weighted by Crippen LogP contribution is -2.07. The van der Waals surface area contributed by atoms with Crippen molar-refractivity contribution in [2.75, 3.05) is 0 Å². The molecule has 2 rings (SSSR count). The Balaban J connectivity index is 2.59. The van der Waals surface area contributed by atoms with Gasteiger partial charge in [-0.2, -0.15) is 0 Å². The van der Waals surface area contributed by atoms with Crippen molar-refractivity contribution < 1.29 is 14.7 Å². The number of aldehydes is 1. The summed E-state index contributed by atoms with van der Waals surface area (Å²) < 4.78 is 1.50. The Hall–Kier alpha value is -2.50. The summed E-state index contributed by atoms with van der Waals surface area (Å²) in [5.41, 5.74) is 1.67. The summed E-state index contributed by atoms with van der Waals surface area (Å²) in [4.78, 5) is 21.9. The van der Waals surface area contributed by atoms with Crippen LogP contribution >= 0.6 is 0 Å². The normalized spacial score (nSPS) is 10.7. The van der Waals surface area contributed by atoms with Crippen LogP contribution in [0.1, 0.15) is 46.3 Å². The Bertz CT molecular complexity index is 632. The quantitative estimate of drug-likeness (QED) is 0.847. The zero-order chi connectivity index (χ0) is 14.0. The van der Waals surface area contributed by atoms with Gasteiger partial charge in [0.25, 0.3) is 0 Å². The first kappa shape index (κ1) is 12.9. The number of carboxylic acid groups (broad SMARTS) is 1. The minimum Gasteiger partial charge on any atom is -0.478 e. The SMILES string of the molecule is CC(C)c1c(C=O)nnn1-c1cccc(C(=O)O)c1. The predicted molar refractivity (Wildman–Crippen MR) is 67.8 cm³/mol. The fourth-order valence-corrected chi connectivity index (χ4v) is 1.89. The molecule has 0 amide bonds. The fourth-order valence-electron chi connectivity index (χ4n) is 1.89. The summed E-state index contributed by atoms with van der Waals surface area (Å²) in [7, 11) is 0. The van der Waals surface area contributed by atoms with Gasteiger partial charge in [0.1, 0.15) is 5.69 Å². The van der Waals surface area contributed by atoms with E-state index in [2.05, 4.69) is 10.3 Å². The first-order chi connectivity index (χ1) is 9.04. The van der Waals surface area contributed by atoms with E-state index in [-0.39, 0.29) is 17.2 Å². The first-order valence-corrected chi connectivity index (χ1v) is 5.79. The van der Waals surface area contributed by atoms with Crippen LogP contribution in [0, 0.1) is 0 Å². The van der Waals surface area contributed by atoms with Gasteiger partial charge in [-0.3, -0.25) is 4.79 Å². The molecule has 0 aliphatic carbocycles. The Kier molecular flexibility index (Phi) is 3.41. The lowest BCUT2D eigenvalue weighted by molar-refractivity contribution is 0.0696. The highest BCUT2D eigenvalue weighted by Crippen LogP contribution is 2.21. The predicted octanol–water partition coefficient (Wildman–Crippen LogP) is 1.90. The molecule has 0 atom stereocenters.